The van der Waals surface area contributed by atoms with E-state index in [1.165, 1.54) is 19.2 Å². The Hall–Kier alpha value is -4.34. The molecule has 0 unspecified atom stereocenters. The number of hydrogen-bond acceptors (Lipinski definition) is 5. The van der Waals surface area contributed by atoms with E-state index < -0.39 is 29.7 Å². The number of aromatic nitrogens is 2. The third kappa shape index (κ3) is 4.88. The first-order valence-electron chi connectivity index (χ1n) is 11.0. The maximum atomic E-state index is 13.4. The molecule has 10 heteroatoms. The normalized spacial score (nSPS) is 12.3. The van der Waals surface area contributed by atoms with Crippen LogP contribution in [0.2, 0.25) is 0 Å². The SMILES string of the molecule is COC(=O)c1ccc([C@H](C)NC(=O)c2c(Nc3cccc(C(F)(F)F)c3)c3cnccc3n2C)cc1. The monoisotopic (exact) mass is 496 g/mol. The lowest BCUT2D eigenvalue weighted by Crippen LogP contribution is -2.29. The zero-order chi connectivity index (χ0) is 26.0. The number of pyridine rings is 1. The van der Waals surface area contributed by atoms with Gasteiger partial charge < -0.3 is 19.9 Å². The minimum atomic E-state index is -4.50. The average Bonchev–Trinajstić information content (AvgIpc) is 3.14. The number of halogens is 3. The molecular weight excluding hydrogens is 473 g/mol. The molecule has 0 aliphatic heterocycles. The van der Waals surface area contributed by atoms with E-state index in [0.717, 1.165) is 17.7 Å². The van der Waals surface area contributed by atoms with Crippen molar-refractivity contribution in [3.05, 3.63) is 89.4 Å². The third-order valence-corrected chi connectivity index (χ3v) is 5.85. The quantitative estimate of drug-likeness (QED) is 0.339. The van der Waals surface area contributed by atoms with Crippen LogP contribution in [-0.4, -0.2) is 28.5 Å². The Labute approximate surface area is 204 Å². The van der Waals surface area contributed by atoms with Gasteiger partial charge in [0.1, 0.15) is 5.69 Å². The molecule has 2 N–H and O–H groups in total. The number of aryl methyl sites for hydroxylation is 1. The van der Waals surface area contributed by atoms with Crippen LogP contribution in [0, 0.1) is 0 Å². The van der Waals surface area contributed by atoms with Crippen molar-refractivity contribution >= 4 is 34.2 Å². The van der Waals surface area contributed by atoms with E-state index in [0.29, 0.717) is 22.2 Å². The summed E-state index contributed by atoms with van der Waals surface area (Å²) in [7, 11) is 2.99. The van der Waals surface area contributed by atoms with Crippen LogP contribution in [0.1, 0.15) is 44.9 Å². The molecule has 7 nitrogen and oxygen atoms in total. The van der Waals surface area contributed by atoms with Crippen LogP contribution in [-0.2, 0) is 18.0 Å². The molecule has 2 aromatic heterocycles. The summed E-state index contributed by atoms with van der Waals surface area (Å²) in [6.45, 7) is 1.79. The molecule has 0 saturated carbocycles. The van der Waals surface area contributed by atoms with E-state index in [-0.39, 0.29) is 11.4 Å². The second-order valence-electron chi connectivity index (χ2n) is 8.19. The average molecular weight is 496 g/mol. The van der Waals surface area contributed by atoms with Crippen LogP contribution in [0.3, 0.4) is 0 Å². The van der Waals surface area contributed by atoms with Crippen LogP contribution in [0.15, 0.2) is 67.0 Å². The number of nitrogens with one attached hydrogen (secondary N) is 2. The molecule has 36 heavy (non-hydrogen) atoms. The van der Waals surface area contributed by atoms with Gasteiger partial charge in [-0.15, -0.1) is 0 Å². The van der Waals surface area contributed by atoms with Crippen LogP contribution in [0.5, 0.6) is 0 Å². The fourth-order valence-corrected chi connectivity index (χ4v) is 3.97. The van der Waals surface area contributed by atoms with E-state index in [9.17, 15) is 22.8 Å². The van der Waals surface area contributed by atoms with Crippen molar-refractivity contribution in [3.63, 3.8) is 0 Å². The van der Waals surface area contributed by atoms with Crippen LogP contribution in [0.25, 0.3) is 10.9 Å². The summed E-state index contributed by atoms with van der Waals surface area (Å²) in [4.78, 5) is 29.2. The fourth-order valence-electron chi connectivity index (χ4n) is 3.97. The highest BCUT2D eigenvalue weighted by Crippen LogP contribution is 2.35. The maximum Gasteiger partial charge on any atom is 0.416 e. The van der Waals surface area contributed by atoms with Gasteiger partial charge in [0.25, 0.3) is 5.91 Å². The summed E-state index contributed by atoms with van der Waals surface area (Å²) in [5, 5.41) is 6.50. The van der Waals surface area contributed by atoms with Gasteiger partial charge in [0.05, 0.1) is 35.5 Å². The number of carbonyl (C=O) groups is 2. The zero-order valence-electron chi connectivity index (χ0n) is 19.7. The summed E-state index contributed by atoms with van der Waals surface area (Å²) < 4.78 is 46.1. The van der Waals surface area contributed by atoms with Gasteiger partial charge in [-0.1, -0.05) is 18.2 Å². The zero-order valence-corrected chi connectivity index (χ0v) is 19.7. The number of benzene rings is 2. The lowest BCUT2D eigenvalue weighted by molar-refractivity contribution is -0.137. The van der Waals surface area contributed by atoms with E-state index in [4.69, 9.17) is 4.74 Å². The molecule has 186 valence electrons. The first-order valence-corrected chi connectivity index (χ1v) is 11.0. The molecule has 1 amide bonds. The molecule has 0 radical (unpaired) electrons. The van der Waals surface area contributed by atoms with Crippen LogP contribution < -0.4 is 10.6 Å². The van der Waals surface area contributed by atoms with E-state index in [2.05, 4.69) is 15.6 Å². The fraction of sp³-hybridized carbons (Fsp3) is 0.192. The number of hydrogen-bond donors (Lipinski definition) is 2. The van der Waals surface area contributed by atoms with Crippen molar-refractivity contribution in [1.29, 1.82) is 0 Å². The summed E-state index contributed by atoms with van der Waals surface area (Å²) in [5.74, 6) is -0.902. The van der Waals surface area contributed by atoms with Gasteiger partial charge in [0.15, 0.2) is 0 Å². The van der Waals surface area contributed by atoms with E-state index >= 15 is 0 Å². The number of anilines is 2. The predicted octanol–water partition coefficient (Wildman–Crippen LogP) is 5.61. The molecule has 4 rings (SSSR count). The molecular formula is C26H23F3N4O3. The standard InChI is InChI=1S/C26H23F3N4O3/c1-15(16-7-9-17(10-8-16)25(35)36-3)31-24(34)23-22(20-14-30-12-11-21(20)33(23)2)32-19-6-4-5-18(13-19)26(27,28)29/h4-15,32H,1-3H3,(H,31,34)/t15-/m0/s1. The predicted molar refractivity (Wildman–Crippen MR) is 129 cm³/mol. The van der Waals surface area contributed by atoms with Gasteiger partial charge in [-0.05, 0) is 48.9 Å². The lowest BCUT2D eigenvalue weighted by atomic mass is 10.1. The summed E-state index contributed by atoms with van der Waals surface area (Å²) in [5.41, 5.74) is 1.76. The smallest absolute Gasteiger partial charge is 0.416 e. The molecule has 2 aromatic carbocycles. The Bertz CT molecular complexity index is 1430. The van der Waals surface area contributed by atoms with Gasteiger partial charge in [0.2, 0.25) is 0 Å². The number of nitrogens with zero attached hydrogens (tertiary/aromatic N) is 2. The minimum Gasteiger partial charge on any atom is -0.465 e. The van der Waals surface area contributed by atoms with Crippen molar-refractivity contribution in [1.82, 2.24) is 14.9 Å². The number of esters is 1. The van der Waals surface area contributed by atoms with Gasteiger partial charge in [-0.2, -0.15) is 13.2 Å². The molecule has 4 aromatic rings. The molecule has 0 fully saturated rings. The van der Waals surface area contributed by atoms with Crippen molar-refractivity contribution in [3.8, 4) is 0 Å². The van der Waals surface area contributed by atoms with Gasteiger partial charge in [-0.3, -0.25) is 9.78 Å². The topological polar surface area (TPSA) is 85.2 Å². The number of rotatable bonds is 6. The first kappa shape index (κ1) is 24.8. The van der Waals surface area contributed by atoms with Gasteiger partial charge in [0, 0.05) is 30.5 Å². The molecule has 0 aliphatic carbocycles. The van der Waals surface area contributed by atoms with Crippen molar-refractivity contribution in [2.75, 3.05) is 12.4 Å². The van der Waals surface area contributed by atoms with Gasteiger partial charge >= 0.3 is 12.1 Å². The van der Waals surface area contributed by atoms with Crippen LogP contribution in [0.4, 0.5) is 24.5 Å². The Morgan fingerprint density at radius 2 is 1.81 bits per heavy atom. The number of fused-ring (bicyclic) bond motifs is 1. The second kappa shape index (κ2) is 9.73. The van der Waals surface area contributed by atoms with Crippen molar-refractivity contribution in [2.45, 2.75) is 19.1 Å². The van der Waals surface area contributed by atoms with Crippen molar-refractivity contribution < 1.29 is 27.5 Å². The lowest BCUT2D eigenvalue weighted by Gasteiger charge is -2.17. The molecule has 0 spiro atoms. The molecule has 0 saturated heterocycles. The molecule has 0 bridgehead atoms. The minimum absolute atomic E-state index is 0.182. The number of methoxy groups -OCH3 is 1. The Morgan fingerprint density at radius 1 is 1.08 bits per heavy atom. The van der Waals surface area contributed by atoms with E-state index in [1.54, 1.807) is 61.3 Å². The van der Waals surface area contributed by atoms with E-state index in [1.807, 2.05) is 0 Å². The maximum absolute atomic E-state index is 13.4. The Kier molecular flexibility index (Phi) is 6.69. The Balaban J connectivity index is 1.67. The van der Waals surface area contributed by atoms with Gasteiger partial charge in [-0.25, -0.2) is 4.79 Å². The highest BCUT2D eigenvalue weighted by Gasteiger charge is 2.31. The Morgan fingerprint density at radius 3 is 2.47 bits per heavy atom. The summed E-state index contributed by atoms with van der Waals surface area (Å²) in [6, 6.07) is 12.7. The highest BCUT2D eigenvalue weighted by atomic mass is 19.4. The highest BCUT2D eigenvalue weighted by molar-refractivity contribution is 6.09. The molecule has 0 aliphatic rings. The summed E-state index contributed by atoms with van der Waals surface area (Å²) in [6.07, 6.45) is -1.38. The second-order valence-corrected chi connectivity index (χ2v) is 8.19. The summed E-state index contributed by atoms with van der Waals surface area (Å²) >= 11 is 0. The number of amides is 1. The van der Waals surface area contributed by atoms with Crippen LogP contribution >= 0.6 is 0 Å². The van der Waals surface area contributed by atoms with Crippen molar-refractivity contribution in [2.24, 2.45) is 7.05 Å². The molecule has 1 atom stereocenters. The largest absolute Gasteiger partial charge is 0.465 e. The number of ether oxygens (including phenoxy) is 1. The molecule has 2 heterocycles. The third-order valence-electron chi connectivity index (χ3n) is 5.85. The number of carbonyl (C=O) groups excluding carboxylic acids is 2. The first-order chi connectivity index (χ1) is 17.1. The number of alkyl halides is 3.